The van der Waals surface area contributed by atoms with Crippen molar-refractivity contribution < 1.29 is 18.4 Å². The van der Waals surface area contributed by atoms with Crippen LogP contribution in [0.15, 0.2) is 49.2 Å². The standard InChI is InChI=1S/C25H33N5O4S/c1-3-20-12-25(20,24(32)29-35(2,33,34)21-9-10-21)26-13-18-15-30(16-19-14-27-28-23(18)19)22(31)11-17-7-5-4-6-8-17/h3-8,14,18,20-21,26H,1,9-13,15-16H2,2H3,(H,27,28)(H2,29,32,33,34)/t18?,20-,25-/m1/s1. The molecule has 5 rings (SSSR count). The van der Waals surface area contributed by atoms with Crippen LogP contribution < -0.4 is 10.0 Å². The Morgan fingerprint density at radius 2 is 2.09 bits per heavy atom. The molecular formula is C25H33N5O4S. The number of rotatable bonds is 9. The van der Waals surface area contributed by atoms with E-state index in [1.165, 1.54) is 6.26 Å². The van der Waals surface area contributed by atoms with Crippen LogP contribution in [0.25, 0.3) is 0 Å². The molecule has 2 saturated carbocycles. The van der Waals surface area contributed by atoms with Crippen molar-refractivity contribution in [3.8, 4) is 0 Å². The first kappa shape index (κ1) is 23.9. The minimum atomic E-state index is -4.22. The third kappa shape index (κ3) is 4.70. The van der Waals surface area contributed by atoms with Gasteiger partial charge in [-0.1, -0.05) is 36.4 Å². The predicted molar refractivity (Wildman–Crippen MR) is 134 cm³/mol. The average Bonchev–Trinajstić information content (AvgIpc) is 3.73. The minimum Gasteiger partial charge on any atom is -0.337 e. The van der Waals surface area contributed by atoms with E-state index in [0.29, 0.717) is 45.3 Å². The number of fused-ring (bicyclic) bond motifs is 1. The summed E-state index contributed by atoms with van der Waals surface area (Å²) in [7, 11) is -4.22. The number of nitrogens with one attached hydrogen (secondary N) is 3. The highest BCUT2D eigenvalue weighted by molar-refractivity contribution is 8.14. The molecule has 1 aromatic carbocycles. The van der Waals surface area contributed by atoms with Gasteiger partial charge in [-0.25, -0.2) is 0 Å². The summed E-state index contributed by atoms with van der Waals surface area (Å²) in [5.41, 5.74) is 1.89. The van der Waals surface area contributed by atoms with Crippen molar-refractivity contribution in [1.82, 2.24) is 25.1 Å². The van der Waals surface area contributed by atoms with Crippen molar-refractivity contribution in [3.05, 3.63) is 66.0 Å². The van der Waals surface area contributed by atoms with Gasteiger partial charge in [0.05, 0.1) is 17.9 Å². The van der Waals surface area contributed by atoms with E-state index in [-0.39, 0.29) is 23.0 Å². The van der Waals surface area contributed by atoms with Gasteiger partial charge in [-0.15, -0.1) is 16.1 Å². The Kier molecular flexibility index (Phi) is 5.73. The lowest BCUT2D eigenvalue weighted by molar-refractivity contribution is -0.132. The molecule has 1 aliphatic heterocycles. The molecule has 35 heavy (non-hydrogen) atoms. The Balaban J connectivity index is 1.29. The summed E-state index contributed by atoms with van der Waals surface area (Å²) >= 11 is 0. The molecule has 1 aromatic heterocycles. The van der Waals surface area contributed by atoms with Crippen LogP contribution in [0.3, 0.4) is 0 Å². The molecule has 0 spiro atoms. The summed E-state index contributed by atoms with van der Waals surface area (Å²) in [5.74, 6) is -0.662. The molecule has 1 unspecified atom stereocenters. The van der Waals surface area contributed by atoms with E-state index in [1.807, 2.05) is 35.2 Å². The fraction of sp³-hybridized carbons (Fsp3) is 0.480. The molecule has 9 nitrogen and oxygen atoms in total. The molecule has 0 saturated heterocycles. The number of carbonyl (C=O) groups excluding carboxylic acids is 2. The zero-order valence-corrected chi connectivity index (χ0v) is 20.7. The second-order valence-electron chi connectivity index (χ2n) is 10.3. The molecule has 4 N–H and O–H groups in total. The van der Waals surface area contributed by atoms with E-state index in [9.17, 15) is 18.4 Å². The van der Waals surface area contributed by atoms with Crippen molar-refractivity contribution in [3.63, 3.8) is 0 Å². The maximum Gasteiger partial charge on any atom is 0.258 e. The van der Waals surface area contributed by atoms with E-state index in [4.69, 9.17) is 0 Å². The number of aromatic nitrogens is 2. The van der Waals surface area contributed by atoms with Crippen LogP contribution in [0, 0.1) is 5.92 Å². The molecule has 2 fully saturated rings. The van der Waals surface area contributed by atoms with Crippen LogP contribution in [0.5, 0.6) is 0 Å². The number of carbonyl (C=O) groups is 2. The average molecular weight is 500 g/mol. The van der Waals surface area contributed by atoms with Crippen molar-refractivity contribution in [1.29, 1.82) is 0 Å². The van der Waals surface area contributed by atoms with Crippen molar-refractivity contribution in [2.24, 2.45) is 5.92 Å². The van der Waals surface area contributed by atoms with E-state index < -0.39 is 21.0 Å². The normalized spacial score (nSPS) is 26.8. The molecule has 3 atom stereocenters. The summed E-state index contributed by atoms with van der Waals surface area (Å²) in [6.07, 6.45) is 6.82. The lowest BCUT2D eigenvalue weighted by Gasteiger charge is -2.41. The monoisotopic (exact) mass is 499 g/mol. The number of hydrogen-bond donors (Lipinski definition) is 4. The van der Waals surface area contributed by atoms with Crippen LogP contribution in [0.1, 0.15) is 42.0 Å². The topological polar surface area (TPSA) is 127 Å². The Labute approximate surface area is 205 Å². The summed E-state index contributed by atoms with van der Waals surface area (Å²) in [6, 6.07) is 9.65. The van der Waals surface area contributed by atoms with E-state index >= 15 is 0 Å². The van der Waals surface area contributed by atoms with Crippen LogP contribution >= 0.6 is 0 Å². The molecule has 188 valence electrons. The molecule has 10 heteroatoms. The lowest BCUT2D eigenvalue weighted by atomic mass is 9.95. The van der Waals surface area contributed by atoms with Crippen LogP contribution in [0.4, 0.5) is 0 Å². The number of hydrogen-bond acceptors (Lipinski definition) is 5. The Morgan fingerprint density at radius 3 is 2.74 bits per heavy atom. The summed E-state index contributed by atoms with van der Waals surface area (Å²) < 4.78 is 26.2. The second-order valence-corrected chi connectivity index (χ2v) is 13.9. The first-order valence-electron chi connectivity index (χ1n) is 12.0. The first-order valence-corrected chi connectivity index (χ1v) is 14.4. The van der Waals surface area contributed by atoms with E-state index in [1.54, 1.807) is 12.3 Å². The maximum absolute atomic E-state index is 13.3. The molecule has 0 bridgehead atoms. The van der Waals surface area contributed by atoms with Gasteiger partial charge in [-0.3, -0.25) is 24.0 Å². The first-order chi connectivity index (χ1) is 16.6. The predicted octanol–water partition coefficient (Wildman–Crippen LogP) is 1.73. The summed E-state index contributed by atoms with van der Waals surface area (Å²) in [5, 5.41) is 10.2. The molecule has 2 amide bonds. The molecule has 3 aliphatic rings. The molecular weight excluding hydrogens is 466 g/mol. The molecule has 2 heterocycles. The van der Waals surface area contributed by atoms with Crippen LogP contribution in [-0.2, 0) is 32.1 Å². The number of H-pyrrole nitrogens is 1. The SMILES string of the molecule is C=C[C@@H]1C[C@]1(NCC1CN(C(=O)Cc2ccccc2)Cc2cn[nH]c21)C(=O)NS(C)(=O)(O)C1CC1. The summed E-state index contributed by atoms with van der Waals surface area (Å²) in [4.78, 5) is 28.2. The third-order valence-corrected chi connectivity index (χ3v) is 10.3. The number of nitrogens with zero attached hydrogens (tertiary/aromatic N) is 2. The smallest absolute Gasteiger partial charge is 0.258 e. The van der Waals surface area contributed by atoms with Gasteiger partial charge in [0.2, 0.25) is 5.91 Å². The Hall–Kier alpha value is -2.82. The van der Waals surface area contributed by atoms with Gasteiger partial charge in [-0.2, -0.15) is 9.31 Å². The largest absolute Gasteiger partial charge is 0.337 e. The third-order valence-electron chi connectivity index (χ3n) is 7.53. The number of benzene rings is 1. The molecule has 2 aliphatic carbocycles. The fourth-order valence-corrected chi connectivity index (χ4v) is 7.16. The highest BCUT2D eigenvalue weighted by atomic mass is 32.3. The van der Waals surface area contributed by atoms with Gasteiger partial charge in [-0.05, 0) is 24.8 Å². The summed E-state index contributed by atoms with van der Waals surface area (Å²) in [6.45, 7) is 5.22. The van der Waals surface area contributed by atoms with Gasteiger partial charge in [0.25, 0.3) is 5.91 Å². The molecule has 0 radical (unpaired) electrons. The molecule has 2 aromatic rings. The Morgan fingerprint density at radius 1 is 1.34 bits per heavy atom. The zero-order valence-electron chi connectivity index (χ0n) is 19.9. The van der Waals surface area contributed by atoms with Crippen molar-refractivity contribution in [2.45, 2.75) is 48.9 Å². The van der Waals surface area contributed by atoms with Gasteiger partial charge in [0.15, 0.2) is 0 Å². The van der Waals surface area contributed by atoms with Gasteiger partial charge < -0.3 is 10.2 Å². The highest BCUT2D eigenvalue weighted by Gasteiger charge is 2.60. The quantitative estimate of drug-likeness (QED) is 0.389. The van der Waals surface area contributed by atoms with Crippen LogP contribution in [0.2, 0.25) is 0 Å². The second kappa shape index (κ2) is 8.39. The van der Waals surface area contributed by atoms with Crippen LogP contribution in [-0.4, -0.2) is 65.8 Å². The fourth-order valence-electron chi connectivity index (χ4n) is 5.11. The Bertz CT molecular complexity index is 1220. The van der Waals surface area contributed by atoms with Crippen molar-refractivity contribution >= 4 is 21.3 Å². The minimum absolute atomic E-state index is 0.0364. The van der Waals surface area contributed by atoms with E-state index in [0.717, 1.165) is 16.8 Å². The lowest BCUT2D eigenvalue weighted by Crippen LogP contribution is -2.59. The van der Waals surface area contributed by atoms with Gasteiger partial charge in [0, 0.05) is 49.0 Å². The number of amides is 2. The van der Waals surface area contributed by atoms with Crippen molar-refractivity contribution in [2.75, 3.05) is 19.3 Å². The maximum atomic E-state index is 13.3. The highest BCUT2D eigenvalue weighted by Crippen LogP contribution is 2.47. The number of aromatic amines is 1. The van der Waals surface area contributed by atoms with E-state index in [2.05, 4.69) is 26.8 Å². The van der Waals surface area contributed by atoms with Gasteiger partial charge >= 0.3 is 0 Å². The zero-order chi connectivity index (χ0) is 24.9. The van der Waals surface area contributed by atoms with Gasteiger partial charge in [0.1, 0.15) is 5.54 Å².